The Morgan fingerprint density at radius 3 is 2.25 bits per heavy atom. The highest BCUT2D eigenvalue weighted by Gasteiger charge is 2.34. The van der Waals surface area contributed by atoms with E-state index in [4.69, 9.17) is 0 Å². The Morgan fingerprint density at radius 2 is 1.58 bits per heavy atom. The molecule has 70 valence electrons. The predicted molar refractivity (Wildman–Crippen MR) is 52.0 cm³/mol. The predicted octanol–water partition coefficient (Wildman–Crippen LogP) is 2.42. The van der Waals surface area contributed by atoms with Crippen molar-refractivity contribution in [2.75, 3.05) is 26.2 Å². The van der Waals surface area contributed by atoms with Crippen molar-refractivity contribution in [2.24, 2.45) is 5.92 Å². The van der Waals surface area contributed by atoms with Crippen LogP contribution in [-0.4, -0.2) is 30.7 Å². The van der Waals surface area contributed by atoms with Gasteiger partial charge in [0.05, 0.1) is 26.2 Å². The third-order valence-electron chi connectivity index (χ3n) is 3.79. The van der Waals surface area contributed by atoms with E-state index in [-0.39, 0.29) is 0 Å². The maximum absolute atomic E-state index is 2.44. The Balaban J connectivity index is 1.97. The molecule has 0 bridgehead atoms. The molecule has 1 unspecified atom stereocenters. The van der Waals surface area contributed by atoms with Gasteiger partial charge in [-0.05, 0) is 32.1 Å². The normalized spacial score (nSPS) is 35.2. The maximum atomic E-state index is 2.44. The van der Waals surface area contributed by atoms with Gasteiger partial charge in [0.2, 0.25) is 0 Å². The lowest BCUT2D eigenvalue weighted by molar-refractivity contribution is -0.939. The molecule has 0 aliphatic carbocycles. The van der Waals surface area contributed by atoms with Gasteiger partial charge in [-0.15, -0.1) is 0 Å². The average Bonchev–Trinajstić information content (AvgIpc) is 2.05. The van der Waals surface area contributed by atoms with Crippen LogP contribution in [0.3, 0.4) is 0 Å². The molecule has 1 nitrogen and oxygen atoms in total. The summed E-state index contributed by atoms with van der Waals surface area (Å²) in [7, 11) is 0. The van der Waals surface area contributed by atoms with E-state index in [0.717, 1.165) is 5.92 Å². The molecule has 2 saturated heterocycles. The highest BCUT2D eigenvalue weighted by atomic mass is 15.4. The van der Waals surface area contributed by atoms with Gasteiger partial charge in [0.25, 0.3) is 0 Å². The van der Waals surface area contributed by atoms with Gasteiger partial charge in [0.15, 0.2) is 0 Å². The topological polar surface area (TPSA) is 0 Å². The summed E-state index contributed by atoms with van der Waals surface area (Å²) < 4.78 is 1.49. The SMILES string of the molecule is CC1CCC[N+]2(CCCCC2)C1. The lowest BCUT2D eigenvalue weighted by Gasteiger charge is -2.46. The van der Waals surface area contributed by atoms with E-state index in [1.54, 1.807) is 0 Å². The number of hydrogen-bond acceptors (Lipinski definition) is 0. The van der Waals surface area contributed by atoms with Crippen molar-refractivity contribution in [3.8, 4) is 0 Å². The van der Waals surface area contributed by atoms with Gasteiger partial charge in [0, 0.05) is 5.92 Å². The summed E-state index contributed by atoms with van der Waals surface area (Å²) in [6, 6.07) is 0. The number of hydrogen-bond donors (Lipinski definition) is 0. The first-order chi connectivity index (χ1) is 5.81. The quantitative estimate of drug-likeness (QED) is 0.487. The summed E-state index contributed by atoms with van der Waals surface area (Å²) >= 11 is 0. The van der Waals surface area contributed by atoms with Gasteiger partial charge in [-0.1, -0.05) is 6.92 Å². The fourth-order valence-corrected chi connectivity index (χ4v) is 3.21. The van der Waals surface area contributed by atoms with Crippen LogP contribution in [0.1, 0.15) is 39.0 Å². The van der Waals surface area contributed by atoms with E-state index < -0.39 is 0 Å². The number of nitrogens with zero attached hydrogens (tertiary/aromatic N) is 1. The zero-order chi connectivity index (χ0) is 8.44. The zero-order valence-electron chi connectivity index (χ0n) is 8.39. The van der Waals surface area contributed by atoms with Crippen molar-refractivity contribution in [2.45, 2.75) is 39.0 Å². The minimum Gasteiger partial charge on any atom is -0.323 e. The van der Waals surface area contributed by atoms with E-state index in [2.05, 4.69) is 6.92 Å². The van der Waals surface area contributed by atoms with Crippen molar-refractivity contribution < 1.29 is 4.48 Å². The molecule has 1 spiro atoms. The first-order valence-electron chi connectivity index (χ1n) is 5.66. The van der Waals surface area contributed by atoms with Crippen molar-refractivity contribution >= 4 is 0 Å². The molecule has 1 heteroatoms. The second kappa shape index (κ2) is 3.37. The molecule has 2 fully saturated rings. The Bertz CT molecular complexity index is 142. The van der Waals surface area contributed by atoms with Crippen LogP contribution in [0.5, 0.6) is 0 Å². The van der Waals surface area contributed by atoms with E-state index in [1.807, 2.05) is 0 Å². The van der Waals surface area contributed by atoms with E-state index >= 15 is 0 Å². The Hall–Kier alpha value is -0.0400. The van der Waals surface area contributed by atoms with Gasteiger partial charge in [-0.25, -0.2) is 0 Å². The summed E-state index contributed by atoms with van der Waals surface area (Å²) in [6.07, 6.45) is 7.45. The molecule has 0 aromatic heterocycles. The van der Waals surface area contributed by atoms with Crippen LogP contribution in [0.2, 0.25) is 0 Å². The minimum absolute atomic E-state index is 0.997. The second-order valence-electron chi connectivity index (χ2n) is 5.00. The molecule has 1 atom stereocenters. The Morgan fingerprint density at radius 1 is 0.917 bits per heavy atom. The number of piperidine rings is 2. The van der Waals surface area contributed by atoms with Crippen LogP contribution >= 0.6 is 0 Å². The molecule has 0 amide bonds. The van der Waals surface area contributed by atoms with Crippen LogP contribution in [-0.2, 0) is 0 Å². The highest BCUT2D eigenvalue weighted by Crippen LogP contribution is 2.27. The van der Waals surface area contributed by atoms with Crippen molar-refractivity contribution in [1.82, 2.24) is 0 Å². The summed E-state index contributed by atoms with van der Waals surface area (Å²) in [4.78, 5) is 0. The monoisotopic (exact) mass is 168 g/mol. The highest BCUT2D eigenvalue weighted by molar-refractivity contribution is 4.64. The van der Waals surface area contributed by atoms with E-state index in [0.29, 0.717) is 0 Å². The van der Waals surface area contributed by atoms with Gasteiger partial charge in [-0.2, -0.15) is 0 Å². The standard InChI is InChI=1S/C11H22N/c1-11-6-5-9-12(10-11)7-3-2-4-8-12/h11H,2-10H2,1H3/q+1. The first-order valence-corrected chi connectivity index (χ1v) is 5.66. The molecule has 0 saturated carbocycles. The fraction of sp³-hybridized carbons (Fsp3) is 1.00. The summed E-state index contributed by atoms with van der Waals surface area (Å²) in [5.41, 5.74) is 0. The van der Waals surface area contributed by atoms with Crippen LogP contribution < -0.4 is 0 Å². The van der Waals surface area contributed by atoms with E-state index in [1.165, 1.54) is 62.8 Å². The van der Waals surface area contributed by atoms with Crippen molar-refractivity contribution in [3.63, 3.8) is 0 Å². The lowest BCUT2D eigenvalue weighted by atomic mass is 9.94. The minimum atomic E-state index is 0.997. The summed E-state index contributed by atoms with van der Waals surface area (Å²) in [5, 5.41) is 0. The van der Waals surface area contributed by atoms with Crippen LogP contribution in [0.4, 0.5) is 0 Å². The summed E-state index contributed by atoms with van der Waals surface area (Å²) in [5.74, 6) is 0.997. The molecule has 0 N–H and O–H groups in total. The number of quaternary nitrogens is 1. The molecule has 2 aliphatic heterocycles. The fourth-order valence-electron chi connectivity index (χ4n) is 3.21. The van der Waals surface area contributed by atoms with Crippen LogP contribution in [0, 0.1) is 5.92 Å². The molecule has 12 heavy (non-hydrogen) atoms. The molecule has 0 radical (unpaired) electrons. The maximum Gasteiger partial charge on any atom is 0.0812 e. The van der Waals surface area contributed by atoms with Gasteiger partial charge in [-0.3, -0.25) is 0 Å². The van der Waals surface area contributed by atoms with Gasteiger partial charge < -0.3 is 4.48 Å². The Kier molecular flexibility index (Phi) is 2.40. The smallest absolute Gasteiger partial charge is 0.0812 e. The molecule has 0 aromatic carbocycles. The molecular weight excluding hydrogens is 146 g/mol. The average molecular weight is 168 g/mol. The molecule has 0 aromatic rings. The van der Waals surface area contributed by atoms with Crippen LogP contribution in [0.15, 0.2) is 0 Å². The lowest BCUT2D eigenvalue weighted by Crippen LogP contribution is -2.56. The van der Waals surface area contributed by atoms with Gasteiger partial charge in [0.1, 0.15) is 0 Å². The first kappa shape index (κ1) is 8.55. The molecule has 2 aliphatic rings. The number of rotatable bonds is 0. The Labute approximate surface area is 76.3 Å². The third kappa shape index (κ3) is 1.66. The molecular formula is C11H22N+. The van der Waals surface area contributed by atoms with Crippen molar-refractivity contribution in [1.29, 1.82) is 0 Å². The van der Waals surface area contributed by atoms with Crippen LogP contribution in [0.25, 0.3) is 0 Å². The van der Waals surface area contributed by atoms with Crippen molar-refractivity contribution in [3.05, 3.63) is 0 Å². The summed E-state index contributed by atoms with van der Waals surface area (Å²) in [6.45, 7) is 8.40. The molecule has 2 heterocycles. The second-order valence-corrected chi connectivity index (χ2v) is 5.00. The molecule has 2 rings (SSSR count). The zero-order valence-corrected chi connectivity index (χ0v) is 8.39. The van der Waals surface area contributed by atoms with E-state index in [9.17, 15) is 0 Å². The van der Waals surface area contributed by atoms with Gasteiger partial charge >= 0.3 is 0 Å². The third-order valence-corrected chi connectivity index (χ3v) is 3.79. The largest absolute Gasteiger partial charge is 0.323 e.